The number of carboxylic acids is 1. The van der Waals surface area contributed by atoms with Crippen LogP contribution in [-0.2, 0) is 11.2 Å². The molecule has 0 aromatic heterocycles. The molecule has 0 bridgehead atoms. The lowest BCUT2D eigenvalue weighted by Gasteiger charge is -2.11. The van der Waals surface area contributed by atoms with Gasteiger partial charge >= 0.3 is 12.0 Å². The van der Waals surface area contributed by atoms with Gasteiger partial charge in [0.2, 0.25) is 0 Å². The van der Waals surface area contributed by atoms with Crippen molar-refractivity contribution in [2.75, 3.05) is 10.6 Å². The molecule has 22 heavy (non-hydrogen) atoms. The summed E-state index contributed by atoms with van der Waals surface area (Å²) in [5, 5.41) is 14.6. The molecule has 2 aromatic rings. The lowest BCUT2D eigenvalue weighted by atomic mass is 10.1. The Morgan fingerprint density at radius 3 is 2.41 bits per heavy atom. The van der Waals surface area contributed by atoms with Crippen molar-refractivity contribution >= 4 is 35.0 Å². The van der Waals surface area contributed by atoms with Crippen LogP contribution in [0.3, 0.4) is 0 Å². The van der Waals surface area contributed by atoms with Crippen LogP contribution >= 0.6 is 11.6 Å². The third kappa shape index (κ3) is 4.23. The highest BCUT2D eigenvalue weighted by Gasteiger charge is 2.08. The first-order chi connectivity index (χ1) is 10.5. The van der Waals surface area contributed by atoms with Gasteiger partial charge in [-0.3, -0.25) is 4.79 Å². The number of carboxylic acid groups (broad SMARTS) is 1. The Kier molecular flexibility index (Phi) is 5.01. The number of carbonyl (C=O) groups excluding carboxylic acids is 1. The predicted molar refractivity (Wildman–Crippen MR) is 86.6 cm³/mol. The van der Waals surface area contributed by atoms with Gasteiger partial charge in [-0.2, -0.15) is 0 Å². The van der Waals surface area contributed by atoms with Crippen molar-refractivity contribution < 1.29 is 14.7 Å². The molecule has 0 saturated heterocycles. The first kappa shape index (κ1) is 15.9. The summed E-state index contributed by atoms with van der Waals surface area (Å²) in [6, 6.07) is 11.6. The van der Waals surface area contributed by atoms with E-state index in [-0.39, 0.29) is 6.42 Å². The number of halogens is 1. The number of benzene rings is 2. The monoisotopic (exact) mass is 318 g/mol. The maximum Gasteiger partial charge on any atom is 0.323 e. The molecule has 3 N–H and O–H groups in total. The molecule has 0 spiro atoms. The molecule has 0 aliphatic heterocycles. The van der Waals surface area contributed by atoms with Gasteiger partial charge in [0.25, 0.3) is 0 Å². The number of amides is 2. The third-order valence-corrected chi connectivity index (χ3v) is 3.35. The van der Waals surface area contributed by atoms with Gasteiger partial charge in [-0.1, -0.05) is 35.9 Å². The smallest absolute Gasteiger partial charge is 0.323 e. The number of aryl methyl sites for hydroxylation is 1. The van der Waals surface area contributed by atoms with Gasteiger partial charge in [0, 0.05) is 5.69 Å². The minimum absolute atomic E-state index is 0.0487. The fourth-order valence-electron chi connectivity index (χ4n) is 1.99. The lowest BCUT2D eigenvalue weighted by molar-refractivity contribution is -0.136. The Labute approximate surface area is 132 Å². The van der Waals surface area contributed by atoms with Crippen LogP contribution in [0.25, 0.3) is 0 Å². The minimum atomic E-state index is -0.892. The fourth-order valence-corrected chi connectivity index (χ4v) is 2.17. The molecule has 2 aromatic carbocycles. The topological polar surface area (TPSA) is 78.4 Å². The van der Waals surface area contributed by atoms with Gasteiger partial charge in [0.1, 0.15) is 0 Å². The lowest BCUT2D eigenvalue weighted by Crippen LogP contribution is -2.20. The predicted octanol–water partition coefficient (Wildman–Crippen LogP) is 3.92. The fraction of sp³-hybridized carbons (Fsp3) is 0.125. The number of aliphatic carboxylic acids is 1. The minimum Gasteiger partial charge on any atom is -0.481 e. The maximum atomic E-state index is 12.0. The summed E-state index contributed by atoms with van der Waals surface area (Å²) in [6.07, 6.45) is -0.0487. The number of hydrogen-bond donors (Lipinski definition) is 3. The van der Waals surface area contributed by atoms with E-state index < -0.39 is 12.0 Å². The second-order valence-electron chi connectivity index (χ2n) is 4.78. The standard InChI is InChI=1S/C16H15ClN2O3/c1-10-8-11(9-15(20)21)6-7-13(10)18-16(22)19-14-5-3-2-4-12(14)17/h2-8H,9H2,1H3,(H,20,21)(H2,18,19,22). The molecule has 0 saturated carbocycles. The van der Waals surface area contributed by atoms with Crippen LogP contribution in [-0.4, -0.2) is 17.1 Å². The first-order valence-corrected chi connectivity index (χ1v) is 6.97. The van der Waals surface area contributed by atoms with Crippen molar-refractivity contribution in [3.63, 3.8) is 0 Å². The Morgan fingerprint density at radius 2 is 1.77 bits per heavy atom. The quantitative estimate of drug-likeness (QED) is 0.799. The van der Waals surface area contributed by atoms with Crippen molar-refractivity contribution in [3.05, 3.63) is 58.6 Å². The van der Waals surface area contributed by atoms with Crippen LogP contribution in [0.1, 0.15) is 11.1 Å². The average Bonchev–Trinajstić information content (AvgIpc) is 2.44. The Morgan fingerprint density at radius 1 is 1.09 bits per heavy atom. The highest BCUT2D eigenvalue weighted by atomic mass is 35.5. The van der Waals surface area contributed by atoms with Crippen molar-refractivity contribution in [3.8, 4) is 0 Å². The van der Waals surface area contributed by atoms with E-state index in [0.29, 0.717) is 22.0 Å². The molecular formula is C16H15ClN2O3. The summed E-state index contributed by atoms with van der Waals surface area (Å²) < 4.78 is 0. The molecule has 6 heteroatoms. The van der Waals surface area contributed by atoms with Gasteiger partial charge in [-0.25, -0.2) is 4.79 Å². The summed E-state index contributed by atoms with van der Waals surface area (Å²) in [4.78, 5) is 22.7. The molecule has 0 atom stereocenters. The zero-order valence-electron chi connectivity index (χ0n) is 11.9. The van der Waals surface area contributed by atoms with E-state index in [4.69, 9.17) is 16.7 Å². The van der Waals surface area contributed by atoms with Crippen molar-refractivity contribution in [1.82, 2.24) is 0 Å². The molecule has 0 radical (unpaired) electrons. The van der Waals surface area contributed by atoms with Crippen LogP contribution in [0, 0.1) is 6.92 Å². The van der Waals surface area contributed by atoms with E-state index in [2.05, 4.69) is 10.6 Å². The summed E-state index contributed by atoms with van der Waals surface area (Å²) >= 11 is 5.97. The van der Waals surface area contributed by atoms with Crippen LogP contribution < -0.4 is 10.6 Å². The first-order valence-electron chi connectivity index (χ1n) is 6.59. The van der Waals surface area contributed by atoms with Crippen molar-refractivity contribution in [1.29, 1.82) is 0 Å². The highest BCUT2D eigenvalue weighted by Crippen LogP contribution is 2.21. The molecule has 0 aliphatic rings. The average molecular weight is 319 g/mol. The maximum absolute atomic E-state index is 12.0. The summed E-state index contributed by atoms with van der Waals surface area (Å²) in [5.41, 5.74) is 2.59. The summed E-state index contributed by atoms with van der Waals surface area (Å²) in [6.45, 7) is 1.80. The third-order valence-electron chi connectivity index (χ3n) is 3.02. The van der Waals surface area contributed by atoms with Gasteiger partial charge in [-0.15, -0.1) is 0 Å². The molecule has 0 unspecified atom stereocenters. The van der Waals surface area contributed by atoms with Crippen LogP contribution in [0.4, 0.5) is 16.2 Å². The van der Waals surface area contributed by atoms with E-state index in [0.717, 1.165) is 5.56 Å². The number of hydrogen-bond acceptors (Lipinski definition) is 2. The molecule has 5 nitrogen and oxygen atoms in total. The molecule has 0 heterocycles. The molecule has 0 fully saturated rings. The van der Waals surface area contributed by atoms with Gasteiger partial charge in [0.05, 0.1) is 17.1 Å². The number of rotatable bonds is 4. The van der Waals surface area contributed by atoms with Crippen LogP contribution in [0.2, 0.25) is 5.02 Å². The second kappa shape index (κ2) is 6.95. The van der Waals surface area contributed by atoms with E-state index in [1.54, 1.807) is 49.4 Å². The largest absolute Gasteiger partial charge is 0.481 e. The number of anilines is 2. The van der Waals surface area contributed by atoms with E-state index >= 15 is 0 Å². The van der Waals surface area contributed by atoms with Crippen molar-refractivity contribution in [2.24, 2.45) is 0 Å². The van der Waals surface area contributed by atoms with Crippen LogP contribution in [0.15, 0.2) is 42.5 Å². The Hall–Kier alpha value is -2.53. The zero-order valence-corrected chi connectivity index (χ0v) is 12.6. The second-order valence-corrected chi connectivity index (χ2v) is 5.19. The molecule has 0 aliphatic carbocycles. The highest BCUT2D eigenvalue weighted by molar-refractivity contribution is 6.33. The van der Waals surface area contributed by atoms with E-state index in [1.165, 1.54) is 0 Å². The summed E-state index contributed by atoms with van der Waals surface area (Å²) in [7, 11) is 0. The Balaban J connectivity index is 2.05. The van der Waals surface area contributed by atoms with Crippen LogP contribution in [0.5, 0.6) is 0 Å². The molecule has 114 valence electrons. The SMILES string of the molecule is Cc1cc(CC(=O)O)ccc1NC(=O)Nc1ccccc1Cl. The van der Waals surface area contributed by atoms with E-state index in [9.17, 15) is 9.59 Å². The van der Waals surface area contributed by atoms with Gasteiger partial charge < -0.3 is 15.7 Å². The Bertz CT molecular complexity index is 716. The van der Waals surface area contributed by atoms with Gasteiger partial charge in [-0.05, 0) is 36.2 Å². The number of carbonyl (C=O) groups is 2. The number of urea groups is 1. The van der Waals surface area contributed by atoms with Crippen molar-refractivity contribution in [2.45, 2.75) is 13.3 Å². The molecule has 2 rings (SSSR count). The summed E-state index contributed by atoms with van der Waals surface area (Å²) in [5.74, 6) is -0.892. The van der Waals surface area contributed by atoms with Gasteiger partial charge in [0.15, 0.2) is 0 Å². The van der Waals surface area contributed by atoms with E-state index in [1.807, 2.05) is 0 Å². The molecular weight excluding hydrogens is 304 g/mol. The normalized spacial score (nSPS) is 10.1. The molecule has 2 amide bonds. The zero-order chi connectivity index (χ0) is 16.1. The number of nitrogens with one attached hydrogen (secondary N) is 2. The number of para-hydroxylation sites is 1.